The van der Waals surface area contributed by atoms with Crippen LogP contribution in [0.3, 0.4) is 0 Å². The Morgan fingerprint density at radius 3 is 2.47 bits per heavy atom. The normalized spacial score (nSPS) is 10.8. The minimum Gasteiger partial charge on any atom is -0.489 e. The molecule has 0 saturated carbocycles. The molecule has 168 valence electrons. The minimum atomic E-state index is -0.122. The zero-order chi connectivity index (χ0) is 23.2. The molecule has 1 heterocycles. The summed E-state index contributed by atoms with van der Waals surface area (Å²) >= 11 is 0. The summed E-state index contributed by atoms with van der Waals surface area (Å²) in [5.74, 6) is 1.58. The van der Waals surface area contributed by atoms with Crippen molar-refractivity contribution in [3.63, 3.8) is 0 Å². The lowest BCUT2D eigenvalue weighted by Crippen LogP contribution is -2.12. The molecule has 0 fully saturated rings. The Bertz CT molecular complexity index is 1390. The highest BCUT2D eigenvalue weighted by atomic mass is 16.5. The molecule has 1 N–H and O–H groups in total. The summed E-state index contributed by atoms with van der Waals surface area (Å²) in [5, 5.41) is 9.18. The SMILES string of the molecule is O=C(CCc1nc(-c2cccc3ccccc23)no1)Nc1ccc(OCc2ccccc2)cc1. The average Bonchev–Trinajstić information content (AvgIpc) is 3.36. The van der Waals surface area contributed by atoms with E-state index in [1.165, 1.54) is 0 Å². The Labute approximate surface area is 197 Å². The summed E-state index contributed by atoms with van der Waals surface area (Å²) in [5.41, 5.74) is 2.72. The van der Waals surface area contributed by atoms with Crippen molar-refractivity contribution in [3.05, 3.63) is 109 Å². The maximum Gasteiger partial charge on any atom is 0.227 e. The van der Waals surface area contributed by atoms with E-state index >= 15 is 0 Å². The second kappa shape index (κ2) is 10.0. The third-order valence-electron chi connectivity index (χ3n) is 5.45. The molecule has 6 heteroatoms. The van der Waals surface area contributed by atoms with Crippen LogP contribution in [0.4, 0.5) is 5.69 Å². The number of benzene rings is 4. The summed E-state index contributed by atoms with van der Waals surface area (Å²) in [4.78, 5) is 16.9. The zero-order valence-corrected chi connectivity index (χ0v) is 18.5. The first-order valence-electron chi connectivity index (χ1n) is 11.1. The number of rotatable bonds is 8. The first-order valence-corrected chi connectivity index (χ1v) is 11.1. The third kappa shape index (κ3) is 5.13. The van der Waals surface area contributed by atoms with E-state index in [0.29, 0.717) is 30.4 Å². The van der Waals surface area contributed by atoms with Crippen LogP contribution in [0.25, 0.3) is 22.2 Å². The second-order valence-electron chi connectivity index (χ2n) is 7.89. The fraction of sp³-hybridized carbons (Fsp3) is 0.107. The van der Waals surface area contributed by atoms with Gasteiger partial charge in [0.25, 0.3) is 0 Å². The number of nitrogens with zero attached hydrogens (tertiary/aromatic N) is 2. The van der Waals surface area contributed by atoms with Gasteiger partial charge in [0.1, 0.15) is 12.4 Å². The number of hydrogen-bond donors (Lipinski definition) is 1. The highest BCUT2D eigenvalue weighted by Crippen LogP contribution is 2.26. The second-order valence-corrected chi connectivity index (χ2v) is 7.89. The molecule has 5 rings (SSSR count). The van der Waals surface area contributed by atoms with Gasteiger partial charge in [-0.05, 0) is 40.6 Å². The zero-order valence-electron chi connectivity index (χ0n) is 18.5. The van der Waals surface area contributed by atoms with Gasteiger partial charge in [0.2, 0.25) is 17.6 Å². The lowest BCUT2D eigenvalue weighted by Gasteiger charge is -2.08. The van der Waals surface area contributed by atoms with Crippen molar-refractivity contribution in [3.8, 4) is 17.1 Å². The molecule has 1 amide bonds. The molecule has 0 aliphatic rings. The number of ether oxygens (including phenoxy) is 1. The molecule has 0 aliphatic heterocycles. The molecule has 0 atom stereocenters. The van der Waals surface area contributed by atoms with Gasteiger partial charge < -0.3 is 14.6 Å². The predicted octanol–water partition coefficient (Wildman–Crippen LogP) is 6.04. The van der Waals surface area contributed by atoms with Crippen LogP contribution in [0.1, 0.15) is 17.9 Å². The highest BCUT2D eigenvalue weighted by molar-refractivity contribution is 5.95. The van der Waals surface area contributed by atoms with Crippen LogP contribution in [0, 0.1) is 0 Å². The number of carbonyl (C=O) groups is 1. The van der Waals surface area contributed by atoms with Crippen LogP contribution in [0.2, 0.25) is 0 Å². The monoisotopic (exact) mass is 449 g/mol. The van der Waals surface area contributed by atoms with Gasteiger partial charge in [-0.15, -0.1) is 0 Å². The van der Waals surface area contributed by atoms with Crippen LogP contribution in [0.15, 0.2) is 102 Å². The van der Waals surface area contributed by atoms with Crippen LogP contribution in [0.5, 0.6) is 5.75 Å². The van der Waals surface area contributed by atoms with E-state index in [4.69, 9.17) is 9.26 Å². The van der Waals surface area contributed by atoms with E-state index in [-0.39, 0.29) is 12.3 Å². The van der Waals surface area contributed by atoms with E-state index in [0.717, 1.165) is 27.6 Å². The highest BCUT2D eigenvalue weighted by Gasteiger charge is 2.13. The van der Waals surface area contributed by atoms with Gasteiger partial charge in [-0.1, -0.05) is 78.0 Å². The molecule has 4 aromatic carbocycles. The fourth-order valence-corrected chi connectivity index (χ4v) is 3.71. The van der Waals surface area contributed by atoms with Gasteiger partial charge in [-0.25, -0.2) is 0 Å². The van der Waals surface area contributed by atoms with E-state index in [2.05, 4.69) is 15.5 Å². The molecular formula is C28H23N3O3. The Balaban J connectivity index is 1.14. The fourth-order valence-electron chi connectivity index (χ4n) is 3.71. The number of amides is 1. The Morgan fingerprint density at radius 1 is 0.853 bits per heavy atom. The number of nitrogens with one attached hydrogen (secondary N) is 1. The number of carbonyl (C=O) groups excluding carboxylic acids is 1. The van der Waals surface area contributed by atoms with Crippen molar-refractivity contribution >= 4 is 22.4 Å². The third-order valence-corrected chi connectivity index (χ3v) is 5.45. The molecule has 0 saturated heterocycles. The number of aromatic nitrogens is 2. The van der Waals surface area contributed by atoms with Gasteiger partial charge in [0.15, 0.2) is 0 Å². The van der Waals surface area contributed by atoms with Gasteiger partial charge in [0.05, 0.1) is 0 Å². The maximum atomic E-state index is 12.4. The van der Waals surface area contributed by atoms with E-state index in [1.54, 1.807) is 0 Å². The van der Waals surface area contributed by atoms with Gasteiger partial charge in [-0.3, -0.25) is 4.79 Å². The predicted molar refractivity (Wildman–Crippen MR) is 131 cm³/mol. The molecule has 0 spiro atoms. The molecular weight excluding hydrogens is 426 g/mol. The van der Waals surface area contributed by atoms with Crippen LogP contribution in [-0.4, -0.2) is 16.0 Å². The molecule has 6 nitrogen and oxygen atoms in total. The van der Waals surface area contributed by atoms with Crippen LogP contribution < -0.4 is 10.1 Å². The number of hydrogen-bond acceptors (Lipinski definition) is 5. The number of anilines is 1. The van der Waals surface area contributed by atoms with Crippen molar-refractivity contribution in [2.75, 3.05) is 5.32 Å². The van der Waals surface area contributed by atoms with Crippen molar-refractivity contribution in [2.45, 2.75) is 19.4 Å². The van der Waals surface area contributed by atoms with E-state index in [1.807, 2.05) is 97.1 Å². The van der Waals surface area contributed by atoms with Gasteiger partial charge >= 0.3 is 0 Å². The number of fused-ring (bicyclic) bond motifs is 1. The van der Waals surface area contributed by atoms with Crippen molar-refractivity contribution in [2.24, 2.45) is 0 Å². The lowest BCUT2D eigenvalue weighted by molar-refractivity contribution is -0.116. The Hall–Kier alpha value is -4.45. The lowest BCUT2D eigenvalue weighted by atomic mass is 10.0. The van der Waals surface area contributed by atoms with E-state index in [9.17, 15) is 4.79 Å². The minimum absolute atomic E-state index is 0.122. The molecule has 0 radical (unpaired) electrons. The summed E-state index contributed by atoms with van der Waals surface area (Å²) in [6.07, 6.45) is 0.602. The van der Waals surface area contributed by atoms with Crippen molar-refractivity contribution < 1.29 is 14.1 Å². The summed E-state index contributed by atoms with van der Waals surface area (Å²) in [7, 11) is 0. The Morgan fingerprint density at radius 2 is 1.62 bits per heavy atom. The average molecular weight is 450 g/mol. The summed E-state index contributed by atoms with van der Waals surface area (Å²) in [6, 6.07) is 31.4. The van der Waals surface area contributed by atoms with Crippen LogP contribution in [-0.2, 0) is 17.8 Å². The molecule has 5 aromatic rings. The topological polar surface area (TPSA) is 77.2 Å². The molecule has 1 aromatic heterocycles. The molecule has 0 aliphatic carbocycles. The molecule has 0 unspecified atom stereocenters. The molecule has 0 bridgehead atoms. The summed E-state index contributed by atoms with van der Waals surface area (Å²) < 4.78 is 11.2. The quantitative estimate of drug-likeness (QED) is 0.312. The van der Waals surface area contributed by atoms with Crippen molar-refractivity contribution in [1.82, 2.24) is 10.1 Å². The first kappa shape index (κ1) is 21.4. The Kier molecular flexibility index (Phi) is 6.29. The van der Waals surface area contributed by atoms with Crippen molar-refractivity contribution in [1.29, 1.82) is 0 Å². The van der Waals surface area contributed by atoms with Gasteiger partial charge in [-0.2, -0.15) is 4.98 Å². The number of aryl methyl sites for hydroxylation is 1. The van der Waals surface area contributed by atoms with E-state index < -0.39 is 0 Å². The van der Waals surface area contributed by atoms with Gasteiger partial charge in [0, 0.05) is 24.1 Å². The standard InChI is InChI=1S/C28H23N3O3/c32-26(29-22-13-15-23(16-14-22)33-19-20-7-2-1-3-8-20)17-18-27-30-28(31-34-27)25-12-6-10-21-9-4-5-11-24(21)25/h1-16H,17-19H2,(H,29,32). The summed E-state index contributed by atoms with van der Waals surface area (Å²) in [6.45, 7) is 0.498. The largest absolute Gasteiger partial charge is 0.489 e. The maximum absolute atomic E-state index is 12.4. The smallest absolute Gasteiger partial charge is 0.227 e. The van der Waals surface area contributed by atoms with Crippen LogP contribution >= 0.6 is 0 Å². The molecule has 34 heavy (non-hydrogen) atoms. The first-order chi connectivity index (χ1) is 16.7.